The molecule has 0 saturated heterocycles. The molecule has 20 heavy (non-hydrogen) atoms. The van der Waals surface area contributed by atoms with Gasteiger partial charge in [0.25, 0.3) is 0 Å². The molecule has 0 saturated carbocycles. The van der Waals surface area contributed by atoms with E-state index < -0.39 is 0 Å². The Labute approximate surface area is 136 Å². The van der Waals surface area contributed by atoms with Crippen LogP contribution in [0.4, 0.5) is 0 Å². The van der Waals surface area contributed by atoms with Crippen LogP contribution in [0.2, 0.25) is 5.02 Å². The Morgan fingerprint density at radius 2 is 2.15 bits per heavy atom. The number of hydrogen-bond donors (Lipinski definition) is 1. The molecule has 108 valence electrons. The van der Waals surface area contributed by atoms with Crippen LogP contribution in [-0.4, -0.2) is 16.7 Å². The van der Waals surface area contributed by atoms with Crippen LogP contribution in [0, 0.1) is 0 Å². The van der Waals surface area contributed by atoms with Crippen molar-refractivity contribution in [3.63, 3.8) is 0 Å². The molecule has 0 aliphatic carbocycles. The smallest absolute Gasteiger partial charge is 0.149 e. The van der Waals surface area contributed by atoms with Gasteiger partial charge >= 0.3 is 0 Å². The Hall–Kier alpha value is -0.490. The maximum atomic E-state index is 6.24. The van der Waals surface area contributed by atoms with E-state index in [-0.39, 0.29) is 6.04 Å². The predicted molar refractivity (Wildman–Crippen MR) is 89.4 cm³/mol. The molecule has 0 amide bonds. The van der Waals surface area contributed by atoms with Gasteiger partial charge in [0.1, 0.15) is 10.0 Å². The van der Waals surface area contributed by atoms with Crippen LogP contribution in [-0.2, 0) is 0 Å². The number of nitrogens with zero attached hydrogens (tertiary/aromatic N) is 2. The summed E-state index contributed by atoms with van der Waals surface area (Å²) in [5.74, 6) is 0. The van der Waals surface area contributed by atoms with Crippen molar-refractivity contribution < 1.29 is 0 Å². The Morgan fingerprint density at radius 3 is 2.85 bits per heavy atom. The summed E-state index contributed by atoms with van der Waals surface area (Å²) in [6.07, 6.45) is 2.11. The van der Waals surface area contributed by atoms with Crippen LogP contribution in [0.25, 0.3) is 10.6 Å². The second-order valence-electron chi connectivity index (χ2n) is 4.48. The van der Waals surface area contributed by atoms with Gasteiger partial charge in [-0.3, -0.25) is 0 Å². The maximum Gasteiger partial charge on any atom is 0.149 e. The third-order valence-electron chi connectivity index (χ3n) is 2.95. The van der Waals surface area contributed by atoms with Crippen LogP contribution in [0.15, 0.2) is 22.7 Å². The lowest BCUT2D eigenvalue weighted by Gasteiger charge is -2.12. The highest BCUT2D eigenvalue weighted by atomic mass is 79.9. The number of rotatable bonds is 6. The van der Waals surface area contributed by atoms with E-state index in [0.29, 0.717) is 5.02 Å². The molecule has 1 aromatic heterocycles. The van der Waals surface area contributed by atoms with Gasteiger partial charge in [0.05, 0.1) is 11.1 Å². The molecule has 1 heterocycles. The molecular formula is C14H17BrClN3S. The van der Waals surface area contributed by atoms with E-state index in [1.807, 2.05) is 18.2 Å². The molecule has 0 spiro atoms. The van der Waals surface area contributed by atoms with Crippen molar-refractivity contribution in [2.75, 3.05) is 6.54 Å². The molecule has 3 nitrogen and oxygen atoms in total. The highest BCUT2D eigenvalue weighted by Gasteiger charge is 2.16. The fourth-order valence-corrected chi connectivity index (χ4v) is 3.53. The summed E-state index contributed by atoms with van der Waals surface area (Å²) in [5, 5.41) is 14.7. The van der Waals surface area contributed by atoms with Crippen molar-refractivity contribution in [1.29, 1.82) is 0 Å². The van der Waals surface area contributed by atoms with Crippen molar-refractivity contribution in [2.45, 2.75) is 32.7 Å². The van der Waals surface area contributed by atoms with Gasteiger partial charge in [0.15, 0.2) is 0 Å². The van der Waals surface area contributed by atoms with Crippen LogP contribution in [0.5, 0.6) is 0 Å². The normalized spacial score (nSPS) is 12.6. The van der Waals surface area contributed by atoms with E-state index in [0.717, 1.165) is 39.4 Å². The summed E-state index contributed by atoms with van der Waals surface area (Å²) in [7, 11) is 0. The minimum absolute atomic E-state index is 0.270. The van der Waals surface area contributed by atoms with E-state index in [1.54, 1.807) is 11.3 Å². The van der Waals surface area contributed by atoms with Crippen LogP contribution >= 0.6 is 38.9 Å². The molecule has 2 aromatic rings. The fraction of sp³-hybridized carbons (Fsp3) is 0.429. The molecule has 0 fully saturated rings. The Kier molecular flexibility index (Phi) is 5.96. The van der Waals surface area contributed by atoms with E-state index in [2.05, 4.69) is 45.3 Å². The highest BCUT2D eigenvalue weighted by Crippen LogP contribution is 2.34. The topological polar surface area (TPSA) is 37.8 Å². The first-order chi connectivity index (χ1) is 9.65. The number of hydrogen-bond acceptors (Lipinski definition) is 4. The largest absolute Gasteiger partial charge is 0.308 e. The van der Waals surface area contributed by atoms with Gasteiger partial charge in [0, 0.05) is 10.0 Å². The summed E-state index contributed by atoms with van der Waals surface area (Å²) < 4.78 is 0.991. The monoisotopic (exact) mass is 373 g/mol. The molecule has 0 aliphatic heterocycles. The van der Waals surface area contributed by atoms with Crippen molar-refractivity contribution in [3.05, 3.63) is 32.7 Å². The minimum Gasteiger partial charge on any atom is -0.308 e. The zero-order valence-electron chi connectivity index (χ0n) is 11.5. The van der Waals surface area contributed by atoms with E-state index >= 15 is 0 Å². The van der Waals surface area contributed by atoms with Crippen molar-refractivity contribution in [3.8, 4) is 10.6 Å². The molecule has 1 N–H and O–H groups in total. The SMILES string of the molecule is CCCNC(CC)c1nnc(-c2cc(Br)ccc2Cl)s1. The summed E-state index contributed by atoms with van der Waals surface area (Å²) in [6, 6.07) is 6.04. The first kappa shape index (κ1) is 15.9. The van der Waals surface area contributed by atoms with Gasteiger partial charge in [0.2, 0.25) is 0 Å². The quantitative estimate of drug-likeness (QED) is 0.767. The van der Waals surface area contributed by atoms with Crippen molar-refractivity contribution in [1.82, 2.24) is 15.5 Å². The molecule has 0 radical (unpaired) electrons. The number of benzene rings is 1. The zero-order valence-corrected chi connectivity index (χ0v) is 14.6. The van der Waals surface area contributed by atoms with Gasteiger partial charge in [-0.25, -0.2) is 0 Å². The van der Waals surface area contributed by atoms with Crippen LogP contribution < -0.4 is 5.32 Å². The average molecular weight is 375 g/mol. The third-order valence-corrected chi connectivity index (χ3v) is 4.84. The van der Waals surface area contributed by atoms with Crippen LogP contribution in [0.1, 0.15) is 37.7 Å². The molecule has 0 aliphatic rings. The predicted octanol–water partition coefficient (Wildman–Crippen LogP) is 5.07. The van der Waals surface area contributed by atoms with Crippen LogP contribution in [0.3, 0.4) is 0 Å². The molecule has 1 aromatic carbocycles. The van der Waals surface area contributed by atoms with Gasteiger partial charge in [-0.2, -0.15) is 0 Å². The summed E-state index contributed by atoms with van der Waals surface area (Å²) in [5.41, 5.74) is 0.926. The number of nitrogens with one attached hydrogen (secondary N) is 1. The maximum absolute atomic E-state index is 6.24. The molecule has 0 bridgehead atoms. The fourth-order valence-electron chi connectivity index (χ4n) is 1.87. The van der Waals surface area contributed by atoms with E-state index in [9.17, 15) is 0 Å². The number of halogens is 2. The second kappa shape index (κ2) is 7.50. The molecular weight excluding hydrogens is 358 g/mol. The summed E-state index contributed by atoms with van der Waals surface area (Å²) in [4.78, 5) is 0. The van der Waals surface area contributed by atoms with Gasteiger partial charge < -0.3 is 5.32 Å². The third kappa shape index (κ3) is 3.79. The zero-order chi connectivity index (χ0) is 14.5. The van der Waals surface area contributed by atoms with Gasteiger partial charge in [-0.05, 0) is 37.6 Å². The second-order valence-corrected chi connectivity index (χ2v) is 6.82. The van der Waals surface area contributed by atoms with Crippen molar-refractivity contribution in [2.24, 2.45) is 0 Å². The van der Waals surface area contributed by atoms with Crippen molar-refractivity contribution >= 4 is 38.9 Å². The number of aromatic nitrogens is 2. The standard InChI is InChI=1S/C14H17BrClN3S/c1-3-7-17-12(4-2)14-19-18-13(20-14)10-8-9(15)5-6-11(10)16/h5-6,8,12,17H,3-4,7H2,1-2H3. The first-order valence-corrected chi connectivity index (χ1v) is 8.66. The molecule has 2 rings (SSSR count). The van der Waals surface area contributed by atoms with E-state index in [4.69, 9.17) is 11.6 Å². The average Bonchev–Trinajstić information content (AvgIpc) is 2.92. The summed E-state index contributed by atoms with van der Waals surface area (Å²) in [6.45, 7) is 5.30. The lowest BCUT2D eigenvalue weighted by atomic mass is 10.2. The van der Waals surface area contributed by atoms with E-state index in [1.165, 1.54) is 0 Å². The lowest BCUT2D eigenvalue weighted by Crippen LogP contribution is -2.21. The Balaban J connectivity index is 2.25. The minimum atomic E-state index is 0.270. The Morgan fingerprint density at radius 1 is 1.35 bits per heavy atom. The Bertz CT molecular complexity index is 573. The van der Waals surface area contributed by atoms with Gasteiger partial charge in [-0.15, -0.1) is 10.2 Å². The lowest BCUT2D eigenvalue weighted by molar-refractivity contribution is 0.513. The molecule has 1 atom stereocenters. The molecule has 6 heteroatoms. The molecule has 1 unspecified atom stereocenters. The van der Waals surface area contributed by atoms with Gasteiger partial charge in [-0.1, -0.05) is 52.7 Å². The highest BCUT2D eigenvalue weighted by molar-refractivity contribution is 9.10. The summed E-state index contributed by atoms with van der Waals surface area (Å²) >= 11 is 11.3. The first-order valence-electron chi connectivity index (χ1n) is 6.67.